The monoisotopic (exact) mass is 295 g/mol. The number of anilines is 1. The zero-order valence-electron chi connectivity index (χ0n) is 10.6. The maximum atomic E-state index is 12.4. The first-order valence-electron chi connectivity index (χ1n) is 6.24. The molecule has 0 aliphatic carbocycles. The molecule has 1 aromatic heterocycles. The molecule has 0 unspecified atom stereocenters. The van der Waals surface area contributed by atoms with E-state index >= 15 is 0 Å². The number of hydrogen-bond acceptors (Lipinski definition) is 5. The largest absolute Gasteiger partial charge is 0.445 e. The van der Waals surface area contributed by atoms with Gasteiger partial charge in [0.2, 0.25) is 10.1 Å². The number of aromatic nitrogens is 2. The highest BCUT2D eigenvalue weighted by Gasteiger charge is 2.36. The van der Waals surface area contributed by atoms with Crippen LogP contribution in [0.2, 0.25) is 0 Å². The molecule has 0 aromatic carbocycles. The Hall–Kier alpha value is -0.890. The summed E-state index contributed by atoms with van der Waals surface area (Å²) in [6.45, 7) is 4.81. The van der Waals surface area contributed by atoms with E-state index in [2.05, 4.69) is 10.2 Å². The van der Waals surface area contributed by atoms with E-state index < -0.39 is 11.2 Å². The fourth-order valence-electron chi connectivity index (χ4n) is 2.03. The number of nitrogens with zero attached hydrogens (tertiary/aromatic N) is 3. The van der Waals surface area contributed by atoms with E-state index in [1.54, 1.807) is 0 Å². The molecule has 0 saturated carbocycles. The van der Waals surface area contributed by atoms with Gasteiger partial charge < -0.3 is 9.64 Å². The van der Waals surface area contributed by atoms with Crippen LogP contribution in [0.3, 0.4) is 0 Å². The average Bonchev–Trinajstić information content (AvgIpc) is 2.86. The van der Waals surface area contributed by atoms with Crippen molar-refractivity contribution in [1.82, 2.24) is 10.2 Å². The molecule has 1 aliphatic rings. The Morgan fingerprint density at radius 3 is 2.53 bits per heavy atom. The summed E-state index contributed by atoms with van der Waals surface area (Å²) in [6.07, 6.45) is -2.56. The Kier molecular flexibility index (Phi) is 4.62. The van der Waals surface area contributed by atoms with Crippen LogP contribution in [0.25, 0.3) is 0 Å². The summed E-state index contributed by atoms with van der Waals surface area (Å²) >= 11 is 0.613. The molecule has 0 radical (unpaired) electrons. The lowest BCUT2D eigenvalue weighted by Gasteiger charge is -2.31. The minimum Gasteiger partial charge on any atom is -0.381 e. The van der Waals surface area contributed by atoms with Crippen LogP contribution in [0.1, 0.15) is 24.8 Å². The molecule has 2 heterocycles. The minimum absolute atomic E-state index is 0.363. The summed E-state index contributed by atoms with van der Waals surface area (Å²) in [5.41, 5.74) is 0. The molecule has 0 atom stereocenters. The van der Waals surface area contributed by atoms with Crippen molar-refractivity contribution in [3.05, 3.63) is 5.01 Å². The van der Waals surface area contributed by atoms with E-state index in [4.69, 9.17) is 4.74 Å². The number of halogens is 3. The highest BCUT2D eigenvalue weighted by molar-refractivity contribution is 7.15. The fraction of sp³-hybridized carbons (Fsp3) is 0.818. The molecular formula is C11H16F3N3OS. The fourth-order valence-corrected chi connectivity index (χ4v) is 2.80. The van der Waals surface area contributed by atoms with Gasteiger partial charge in [-0.3, -0.25) is 0 Å². The molecule has 0 bridgehead atoms. The average molecular weight is 295 g/mol. The van der Waals surface area contributed by atoms with Gasteiger partial charge in [-0.05, 0) is 25.7 Å². The van der Waals surface area contributed by atoms with Gasteiger partial charge >= 0.3 is 6.18 Å². The zero-order chi connectivity index (χ0) is 13.9. The Bertz CT molecular complexity index is 402. The van der Waals surface area contributed by atoms with E-state index in [1.165, 1.54) is 0 Å². The number of hydrogen-bond donors (Lipinski definition) is 0. The van der Waals surface area contributed by atoms with Crippen LogP contribution in [-0.4, -0.2) is 36.5 Å². The van der Waals surface area contributed by atoms with E-state index in [0.29, 0.717) is 42.1 Å². The lowest BCUT2D eigenvalue weighted by atomic mass is 9.98. The van der Waals surface area contributed by atoms with Gasteiger partial charge in [0.05, 0.1) is 0 Å². The van der Waals surface area contributed by atoms with E-state index in [0.717, 1.165) is 19.4 Å². The highest BCUT2D eigenvalue weighted by atomic mass is 32.1. The molecule has 8 heteroatoms. The Morgan fingerprint density at radius 2 is 2.00 bits per heavy atom. The Balaban J connectivity index is 1.89. The predicted octanol–water partition coefficient (Wildman–Crippen LogP) is 2.81. The van der Waals surface area contributed by atoms with Gasteiger partial charge in [-0.2, -0.15) is 13.2 Å². The first-order chi connectivity index (χ1) is 9.00. The molecule has 0 spiro atoms. The quantitative estimate of drug-likeness (QED) is 0.856. The Morgan fingerprint density at radius 1 is 1.32 bits per heavy atom. The van der Waals surface area contributed by atoms with Gasteiger partial charge in [0.15, 0.2) is 0 Å². The summed E-state index contributed by atoms with van der Waals surface area (Å²) in [5.74, 6) is 0.492. The molecule has 19 heavy (non-hydrogen) atoms. The van der Waals surface area contributed by atoms with Crippen molar-refractivity contribution in [3.63, 3.8) is 0 Å². The first-order valence-corrected chi connectivity index (χ1v) is 7.05. The van der Waals surface area contributed by atoms with E-state index in [-0.39, 0.29) is 0 Å². The van der Waals surface area contributed by atoms with Crippen LogP contribution in [-0.2, 0) is 10.9 Å². The molecule has 2 rings (SSSR count). The van der Waals surface area contributed by atoms with Gasteiger partial charge in [-0.15, -0.1) is 10.2 Å². The molecule has 1 aliphatic heterocycles. The van der Waals surface area contributed by atoms with Gasteiger partial charge in [0.25, 0.3) is 0 Å². The van der Waals surface area contributed by atoms with Crippen molar-refractivity contribution in [2.24, 2.45) is 5.92 Å². The summed E-state index contributed by atoms with van der Waals surface area (Å²) in [6, 6.07) is 0. The normalized spacial score (nSPS) is 18.0. The second-order valence-electron chi connectivity index (χ2n) is 4.48. The van der Waals surface area contributed by atoms with Gasteiger partial charge in [0, 0.05) is 26.3 Å². The number of piperidine rings is 1. The predicted molar refractivity (Wildman–Crippen MR) is 66.3 cm³/mol. The zero-order valence-corrected chi connectivity index (χ0v) is 11.4. The summed E-state index contributed by atoms with van der Waals surface area (Å²) in [7, 11) is 0. The van der Waals surface area contributed by atoms with Crippen molar-refractivity contribution in [3.8, 4) is 0 Å². The third-order valence-electron chi connectivity index (χ3n) is 3.10. The smallest absolute Gasteiger partial charge is 0.381 e. The summed E-state index contributed by atoms with van der Waals surface area (Å²) < 4.78 is 42.7. The molecule has 4 nitrogen and oxygen atoms in total. The second-order valence-corrected chi connectivity index (χ2v) is 5.43. The lowest BCUT2D eigenvalue weighted by Crippen LogP contribution is -2.35. The third kappa shape index (κ3) is 3.79. The molecule has 1 fully saturated rings. The van der Waals surface area contributed by atoms with Crippen molar-refractivity contribution in [2.75, 3.05) is 31.2 Å². The van der Waals surface area contributed by atoms with Crippen LogP contribution in [0.4, 0.5) is 18.3 Å². The molecule has 1 aromatic rings. The number of ether oxygens (including phenoxy) is 1. The van der Waals surface area contributed by atoms with Crippen molar-refractivity contribution in [2.45, 2.75) is 25.9 Å². The highest BCUT2D eigenvalue weighted by Crippen LogP contribution is 2.35. The number of alkyl halides is 3. The van der Waals surface area contributed by atoms with Crippen LogP contribution >= 0.6 is 11.3 Å². The summed E-state index contributed by atoms with van der Waals surface area (Å²) in [5, 5.41) is 6.33. The van der Waals surface area contributed by atoms with Gasteiger partial charge in [-0.25, -0.2) is 0 Å². The molecule has 1 saturated heterocycles. The molecule has 108 valence electrons. The number of rotatable bonds is 4. The van der Waals surface area contributed by atoms with Gasteiger partial charge in [-0.1, -0.05) is 11.3 Å². The molecule has 0 amide bonds. The lowest BCUT2D eigenvalue weighted by molar-refractivity contribution is -0.138. The maximum absolute atomic E-state index is 12.4. The van der Waals surface area contributed by atoms with Crippen molar-refractivity contribution in [1.29, 1.82) is 0 Å². The maximum Gasteiger partial charge on any atom is 0.445 e. The van der Waals surface area contributed by atoms with Crippen LogP contribution in [0.5, 0.6) is 0 Å². The minimum atomic E-state index is -4.40. The van der Waals surface area contributed by atoms with Crippen LogP contribution in [0.15, 0.2) is 0 Å². The topological polar surface area (TPSA) is 38.2 Å². The SMILES string of the molecule is CCOCC1CCN(c2nnc(C(F)(F)F)s2)CC1. The molecule has 0 N–H and O–H groups in total. The van der Waals surface area contributed by atoms with Gasteiger partial charge in [0.1, 0.15) is 0 Å². The van der Waals surface area contributed by atoms with Crippen LogP contribution in [0, 0.1) is 5.92 Å². The van der Waals surface area contributed by atoms with E-state index in [9.17, 15) is 13.2 Å². The summed E-state index contributed by atoms with van der Waals surface area (Å²) in [4.78, 5) is 1.87. The van der Waals surface area contributed by atoms with Crippen molar-refractivity contribution < 1.29 is 17.9 Å². The third-order valence-corrected chi connectivity index (χ3v) is 4.13. The Labute approximate surface area is 113 Å². The van der Waals surface area contributed by atoms with Crippen LogP contribution < -0.4 is 4.90 Å². The van der Waals surface area contributed by atoms with Crippen molar-refractivity contribution >= 4 is 16.5 Å². The second kappa shape index (κ2) is 6.04. The van der Waals surface area contributed by atoms with E-state index in [1.807, 2.05) is 11.8 Å². The molecular weight excluding hydrogens is 279 g/mol. The first kappa shape index (κ1) is 14.5. The standard InChI is InChI=1S/C11H16F3N3OS/c1-2-18-7-8-3-5-17(6-4-8)10-16-15-9(19-10)11(12,13)14/h8H,2-7H2,1H3.